The molecular formula is C18H22N4O4. The summed E-state index contributed by atoms with van der Waals surface area (Å²) >= 11 is 0. The Morgan fingerprint density at radius 2 is 2.12 bits per heavy atom. The Balaban J connectivity index is 1.49. The maximum absolute atomic E-state index is 12.9. The van der Waals surface area contributed by atoms with Gasteiger partial charge in [-0.05, 0) is 30.3 Å². The van der Waals surface area contributed by atoms with Gasteiger partial charge in [-0.1, -0.05) is 0 Å². The quantitative estimate of drug-likeness (QED) is 0.728. The van der Waals surface area contributed by atoms with Crippen molar-refractivity contribution in [1.82, 2.24) is 20.4 Å². The van der Waals surface area contributed by atoms with Crippen LogP contribution in [0.2, 0.25) is 0 Å². The lowest BCUT2D eigenvalue weighted by atomic mass is 10.0. The molecule has 0 bridgehead atoms. The molecule has 0 aliphatic carbocycles. The maximum atomic E-state index is 12.9. The Morgan fingerprint density at radius 3 is 2.96 bits per heavy atom. The third kappa shape index (κ3) is 3.44. The summed E-state index contributed by atoms with van der Waals surface area (Å²) in [5, 5.41) is 19.8. The van der Waals surface area contributed by atoms with Crippen molar-refractivity contribution in [1.29, 1.82) is 0 Å². The number of aromatic nitrogens is 2. The van der Waals surface area contributed by atoms with Gasteiger partial charge in [0.05, 0.1) is 32.1 Å². The number of H-pyrrole nitrogens is 1. The van der Waals surface area contributed by atoms with Crippen LogP contribution in [0.3, 0.4) is 0 Å². The Morgan fingerprint density at radius 1 is 1.27 bits per heavy atom. The first kappa shape index (κ1) is 17.0. The van der Waals surface area contributed by atoms with Crippen LogP contribution in [0.4, 0.5) is 0 Å². The first-order chi connectivity index (χ1) is 12.7. The SMILES string of the molecule is O=C(c1cc(-c2ccc(O)cc2)n[nH]1)N1CCO[C@@]2(CNCCOC2)C1. The van der Waals surface area contributed by atoms with Gasteiger partial charge in [0.15, 0.2) is 0 Å². The first-order valence-electron chi connectivity index (χ1n) is 8.72. The van der Waals surface area contributed by atoms with Crippen LogP contribution in [0.25, 0.3) is 11.3 Å². The summed E-state index contributed by atoms with van der Waals surface area (Å²) in [6.07, 6.45) is 0. The van der Waals surface area contributed by atoms with E-state index >= 15 is 0 Å². The molecule has 4 rings (SSSR count). The Kier molecular flexibility index (Phi) is 4.62. The molecule has 0 radical (unpaired) electrons. The third-order valence-corrected chi connectivity index (χ3v) is 4.74. The predicted octanol–water partition coefficient (Wildman–Crippen LogP) is 0.613. The number of benzene rings is 1. The second-order valence-electron chi connectivity index (χ2n) is 6.70. The van der Waals surface area contributed by atoms with Crippen LogP contribution in [0, 0.1) is 0 Å². The lowest BCUT2D eigenvalue weighted by molar-refractivity contribution is -0.125. The summed E-state index contributed by atoms with van der Waals surface area (Å²) in [6, 6.07) is 8.45. The zero-order valence-corrected chi connectivity index (χ0v) is 14.4. The molecule has 0 unspecified atom stereocenters. The minimum absolute atomic E-state index is 0.102. The van der Waals surface area contributed by atoms with Crippen LogP contribution in [0.1, 0.15) is 10.5 Å². The highest BCUT2D eigenvalue weighted by Crippen LogP contribution is 2.23. The Bertz CT molecular complexity index is 766. The minimum atomic E-state index is -0.496. The van der Waals surface area contributed by atoms with Gasteiger partial charge in [-0.3, -0.25) is 9.89 Å². The van der Waals surface area contributed by atoms with Crippen molar-refractivity contribution in [2.24, 2.45) is 0 Å². The van der Waals surface area contributed by atoms with Crippen LogP contribution < -0.4 is 5.32 Å². The third-order valence-electron chi connectivity index (χ3n) is 4.74. The van der Waals surface area contributed by atoms with E-state index in [1.54, 1.807) is 35.2 Å². The number of carbonyl (C=O) groups excluding carboxylic acids is 1. The topological polar surface area (TPSA) is 99.7 Å². The van der Waals surface area contributed by atoms with Gasteiger partial charge in [0.25, 0.3) is 5.91 Å². The Hall–Kier alpha value is -2.42. The number of carbonyl (C=O) groups is 1. The first-order valence-corrected chi connectivity index (χ1v) is 8.72. The monoisotopic (exact) mass is 358 g/mol. The number of hydrogen-bond donors (Lipinski definition) is 3. The zero-order chi connectivity index (χ0) is 18.0. The van der Waals surface area contributed by atoms with E-state index in [1.807, 2.05) is 0 Å². The molecule has 1 amide bonds. The zero-order valence-electron chi connectivity index (χ0n) is 14.4. The maximum Gasteiger partial charge on any atom is 0.272 e. The van der Waals surface area contributed by atoms with Crippen LogP contribution in [-0.4, -0.2) is 77.7 Å². The smallest absolute Gasteiger partial charge is 0.272 e. The van der Waals surface area contributed by atoms with E-state index in [9.17, 15) is 9.90 Å². The van der Waals surface area contributed by atoms with Crippen LogP contribution in [0.5, 0.6) is 5.75 Å². The summed E-state index contributed by atoms with van der Waals surface area (Å²) < 4.78 is 11.6. The molecule has 2 fully saturated rings. The van der Waals surface area contributed by atoms with Crippen molar-refractivity contribution in [3.8, 4) is 17.0 Å². The van der Waals surface area contributed by atoms with E-state index < -0.39 is 5.60 Å². The average molecular weight is 358 g/mol. The van der Waals surface area contributed by atoms with Gasteiger partial charge in [0.2, 0.25) is 0 Å². The van der Waals surface area contributed by atoms with Crippen LogP contribution in [-0.2, 0) is 9.47 Å². The Labute approximate surface area is 151 Å². The second-order valence-corrected chi connectivity index (χ2v) is 6.70. The van der Waals surface area contributed by atoms with Crippen molar-refractivity contribution in [3.05, 3.63) is 36.0 Å². The molecule has 2 aliphatic rings. The fraction of sp³-hybridized carbons (Fsp3) is 0.444. The number of nitrogens with one attached hydrogen (secondary N) is 2. The summed E-state index contributed by atoms with van der Waals surface area (Å²) in [7, 11) is 0. The van der Waals surface area contributed by atoms with Gasteiger partial charge in [-0.2, -0.15) is 5.10 Å². The van der Waals surface area contributed by atoms with Crippen LogP contribution >= 0.6 is 0 Å². The largest absolute Gasteiger partial charge is 0.508 e. The van der Waals surface area contributed by atoms with Gasteiger partial charge >= 0.3 is 0 Å². The fourth-order valence-corrected chi connectivity index (χ4v) is 3.36. The molecule has 3 heterocycles. The second kappa shape index (κ2) is 7.06. The molecule has 2 aromatic rings. The van der Waals surface area contributed by atoms with E-state index in [2.05, 4.69) is 15.5 Å². The van der Waals surface area contributed by atoms with Gasteiger partial charge in [-0.15, -0.1) is 0 Å². The molecule has 8 heteroatoms. The van der Waals surface area contributed by atoms with Gasteiger partial charge < -0.3 is 24.8 Å². The van der Waals surface area contributed by atoms with Crippen molar-refractivity contribution < 1.29 is 19.4 Å². The number of nitrogens with zero attached hydrogens (tertiary/aromatic N) is 2. The average Bonchev–Trinajstić information content (AvgIpc) is 3.05. The molecule has 0 saturated carbocycles. The molecule has 138 valence electrons. The number of amides is 1. The van der Waals surface area contributed by atoms with Crippen molar-refractivity contribution in [3.63, 3.8) is 0 Å². The van der Waals surface area contributed by atoms with Crippen LogP contribution in [0.15, 0.2) is 30.3 Å². The molecule has 2 saturated heterocycles. The van der Waals surface area contributed by atoms with Gasteiger partial charge in [0.1, 0.15) is 17.0 Å². The van der Waals surface area contributed by atoms with E-state index in [0.29, 0.717) is 50.8 Å². The summed E-state index contributed by atoms with van der Waals surface area (Å²) in [5.41, 5.74) is 1.44. The summed E-state index contributed by atoms with van der Waals surface area (Å²) in [5.74, 6) is 0.0906. The highest BCUT2D eigenvalue weighted by atomic mass is 16.5. The number of morpholine rings is 1. The van der Waals surface area contributed by atoms with Crippen molar-refractivity contribution >= 4 is 5.91 Å². The molecule has 1 aromatic heterocycles. The summed E-state index contributed by atoms with van der Waals surface area (Å²) in [6.45, 7) is 4.07. The number of aromatic amines is 1. The number of ether oxygens (including phenoxy) is 2. The van der Waals surface area contributed by atoms with E-state index in [4.69, 9.17) is 9.47 Å². The summed E-state index contributed by atoms with van der Waals surface area (Å²) in [4.78, 5) is 14.7. The van der Waals surface area contributed by atoms with E-state index in [-0.39, 0.29) is 11.7 Å². The highest BCUT2D eigenvalue weighted by Gasteiger charge is 2.40. The molecule has 3 N–H and O–H groups in total. The minimum Gasteiger partial charge on any atom is -0.508 e. The molecule has 1 spiro atoms. The predicted molar refractivity (Wildman–Crippen MR) is 94.0 cm³/mol. The number of phenolic OH excluding ortho intramolecular Hbond substituents is 1. The van der Waals surface area contributed by atoms with Crippen molar-refractivity contribution in [2.45, 2.75) is 5.60 Å². The molecule has 1 atom stereocenters. The number of aromatic hydroxyl groups is 1. The van der Waals surface area contributed by atoms with Gasteiger partial charge in [0, 0.05) is 25.2 Å². The van der Waals surface area contributed by atoms with E-state index in [0.717, 1.165) is 12.1 Å². The molecule has 26 heavy (non-hydrogen) atoms. The molecule has 2 aliphatic heterocycles. The normalized spacial score (nSPS) is 23.8. The fourth-order valence-electron chi connectivity index (χ4n) is 3.36. The standard InChI is InChI=1S/C18H22N4O4/c23-14-3-1-13(2-4-14)15-9-16(21-20-15)17(24)22-6-8-26-18(11-22)10-19-5-7-25-12-18/h1-4,9,19,23H,5-8,10-12H2,(H,20,21)/t18-/m0/s1. The number of rotatable bonds is 2. The molecule has 8 nitrogen and oxygen atoms in total. The van der Waals surface area contributed by atoms with E-state index in [1.165, 1.54) is 0 Å². The lowest BCUT2D eigenvalue weighted by Crippen LogP contribution is -2.59. The number of hydrogen-bond acceptors (Lipinski definition) is 6. The molecular weight excluding hydrogens is 336 g/mol. The highest BCUT2D eigenvalue weighted by molar-refractivity contribution is 5.93. The lowest BCUT2D eigenvalue weighted by Gasteiger charge is -2.41. The van der Waals surface area contributed by atoms with Gasteiger partial charge in [-0.25, -0.2) is 0 Å². The molecule has 1 aromatic carbocycles. The number of phenols is 1. The van der Waals surface area contributed by atoms with Crippen molar-refractivity contribution in [2.75, 3.05) is 46.0 Å².